The van der Waals surface area contributed by atoms with Gasteiger partial charge in [-0.1, -0.05) is 84.7 Å². The minimum absolute atomic E-state index is 0.0178. The molecule has 3 heterocycles. The molecule has 0 unspecified atom stereocenters. The van der Waals surface area contributed by atoms with Gasteiger partial charge >= 0.3 is 222 Å². The minimum atomic E-state index is -1.88. The molecule has 81 heavy (non-hydrogen) atoms. The first kappa shape index (κ1) is 66.4. The summed E-state index contributed by atoms with van der Waals surface area (Å²) >= 11 is -3.74. The number of para-hydroxylation sites is 2. The van der Waals surface area contributed by atoms with Gasteiger partial charge in [0, 0.05) is 29.3 Å². The van der Waals surface area contributed by atoms with Crippen molar-refractivity contribution < 1.29 is 46.1 Å². The summed E-state index contributed by atoms with van der Waals surface area (Å²) in [5.41, 5.74) is 17.9. The van der Waals surface area contributed by atoms with Gasteiger partial charge in [0.2, 0.25) is 0 Å². The van der Waals surface area contributed by atoms with E-state index in [1.807, 2.05) is 104 Å². The number of hydrogen-bond donors (Lipinski definition) is 0. The van der Waals surface area contributed by atoms with E-state index < -0.39 is 27.0 Å². The van der Waals surface area contributed by atoms with Crippen molar-refractivity contribution in [1.82, 2.24) is 4.98 Å². The number of hydrogen-bond acceptors (Lipinski definition) is 7. The Morgan fingerprint density at radius 3 is 1.42 bits per heavy atom. The number of ketones is 2. The SMILES string of the molecule is CC(=O)COc1ccccc1[CH]=[Ru]([Cl])[Cl].CC=Cc1ccccc1OCC(C)=O.Cc1cc(C)c(N2[CH-]CCC2)c(C)c1.Cc1cc(C)c(N2[CH-]CCC2)c(C)c1.[Cl][Ru]([Cl])=[C]1C=C(c2ccccc2)c2ccccc21.c1ccncc1. The number of rotatable bonds is 11. The monoisotopic (exact) mass is 1340 g/mol. The zero-order valence-electron chi connectivity index (χ0n) is 47.8. The molecule has 1 aliphatic carbocycles. The number of carbonyl (C=O) groups excluding carboxylic acids is 2. The summed E-state index contributed by atoms with van der Waals surface area (Å²) in [4.78, 5) is 30.1. The normalized spacial score (nSPS) is 13.2. The minimum Gasteiger partial charge on any atom is -0.265 e. The molecule has 7 aromatic rings. The predicted octanol–water partition coefficient (Wildman–Crippen LogP) is 17.8. The van der Waals surface area contributed by atoms with Crippen molar-refractivity contribution in [3.05, 3.63) is 244 Å². The van der Waals surface area contributed by atoms with Gasteiger partial charge in [0.1, 0.15) is 12.4 Å². The van der Waals surface area contributed by atoms with Gasteiger partial charge in [0.05, 0.1) is 0 Å². The van der Waals surface area contributed by atoms with Crippen LogP contribution < -0.4 is 19.3 Å². The Morgan fingerprint density at radius 1 is 0.580 bits per heavy atom. The number of fused-ring (bicyclic) bond motifs is 1. The van der Waals surface area contributed by atoms with Gasteiger partial charge in [-0.15, -0.1) is 0 Å². The van der Waals surface area contributed by atoms with E-state index in [2.05, 4.69) is 130 Å². The zero-order valence-corrected chi connectivity index (χ0v) is 54.3. The van der Waals surface area contributed by atoms with Crippen LogP contribution in [0.5, 0.6) is 11.5 Å². The van der Waals surface area contributed by atoms with E-state index in [9.17, 15) is 9.59 Å². The average Bonchev–Trinajstić information content (AvgIpc) is 4.35. The van der Waals surface area contributed by atoms with E-state index in [-0.39, 0.29) is 24.8 Å². The Bertz CT molecular complexity index is 3110. The van der Waals surface area contributed by atoms with Gasteiger partial charge in [-0.25, -0.2) is 13.1 Å². The van der Waals surface area contributed by atoms with E-state index in [0.29, 0.717) is 5.75 Å². The molecule has 13 heteroatoms. The number of nitrogens with zero attached hydrogens (tertiary/aromatic N) is 3. The van der Waals surface area contributed by atoms with Gasteiger partial charge in [0.25, 0.3) is 0 Å². The third-order valence-electron chi connectivity index (χ3n) is 12.5. The molecule has 0 atom stereocenters. The van der Waals surface area contributed by atoms with Crippen molar-refractivity contribution in [2.24, 2.45) is 0 Å². The molecule has 2 aliphatic heterocycles. The Hall–Kier alpha value is -5.36. The smallest absolute Gasteiger partial charge is 0.0267 e. The number of pyridine rings is 1. The third kappa shape index (κ3) is 22.4. The first-order chi connectivity index (χ1) is 39.0. The number of allylic oxidation sites excluding steroid dienone is 2. The van der Waals surface area contributed by atoms with Crippen LogP contribution >= 0.6 is 38.8 Å². The van der Waals surface area contributed by atoms with Crippen LogP contribution in [-0.2, 0) is 36.6 Å². The number of benzene rings is 6. The number of anilines is 2. The third-order valence-corrected chi connectivity index (χ3v) is 17.5. The average molecular weight is 1340 g/mol. The quantitative estimate of drug-likeness (QED) is 0.0944. The molecule has 0 bridgehead atoms. The van der Waals surface area contributed by atoms with E-state index in [0.717, 1.165) is 21.0 Å². The zero-order chi connectivity index (χ0) is 58.7. The Morgan fingerprint density at radius 2 is 1.01 bits per heavy atom. The Labute approximate surface area is 509 Å². The van der Waals surface area contributed by atoms with E-state index >= 15 is 0 Å². The van der Waals surface area contributed by atoms with Crippen molar-refractivity contribution in [3.8, 4) is 11.5 Å². The number of halogens is 4. The fraction of sp³-hybridized carbons (Fsp3) is 0.250. The van der Waals surface area contributed by atoms with E-state index in [1.54, 1.807) is 23.1 Å². The number of aromatic nitrogens is 1. The standard InChI is InChI=1S/C15H10.2C13H18N.C12H14O2.C10H10O2.C5H5N.4ClH.2Ru/c1-2-6-12(7-3-1)15-11-10-13-8-4-5-9-14(13)15;2*1-10-8-11(2)13(12(3)9-10)14-6-4-5-7-14;1-3-6-11-7-4-5-8-12(11)14-9-10(2)13;1-8-5-3-4-6-10(8)12-7-9(2)11;1-2-4-6-5-3-1;;;;;;/h1-9,11H;2*6,8-9H,4-5,7H2,1-3H3;3-8H,9H2,1-2H3;1,3-6H,7H2,2H3;1-5H;4*1H;;/q;2*-1;;;;;;;;2*+2/p-4. The van der Waals surface area contributed by atoms with Crippen LogP contribution in [0.2, 0.25) is 0 Å². The van der Waals surface area contributed by atoms with Crippen molar-refractivity contribution in [2.75, 3.05) is 36.1 Å². The summed E-state index contributed by atoms with van der Waals surface area (Å²) in [6, 6.07) is 48.5. The first-order valence-electron chi connectivity index (χ1n) is 26.8. The Balaban J connectivity index is 0.000000182. The number of carbonyl (C=O) groups is 2. The van der Waals surface area contributed by atoms with Gasteiger partial charge in [-0.05, 0) is 109 Å². The molecule has 0 saturated carbocycles. The second-order valence-corrected chi connectivity index (χ2v) is 30.9. The van der Waals surface area contributed by atoms with Crippen LogP contribution in [0.1, 0.15) is 108 Å². The van der Waals surface area contributed by atoms with Gasteiger partial charge in [0.15, 0.2) is 5.78 Å². The van der Waals surface area contributed by atoms with Crippen molar-refractivity contribution in [2.45, 2.75) is 88.0 Å². The van der Waals surface area contributed by atoms with Crippen molar-refractivity contribution in [1.29, 1.82) is 0 Å². The number of ether oxygens (including phenoxy) is 2. The van der Waals surface area contributed by atoms with Crippen LogP contribution in [-0.4, -0.2) is 51.6 Å². The van der Waals surface area contributed by atoms with E-state index in [4.69, 9.17) is 48.2 Å². The summed E-state index contributed by atoms with van der Waals surface area (Å²) in [6.45, 7) is 25.3. The summed E-state index contributed by atoms with van der Waals surface area (Å²) in [5.74, 6) is 1.41. The van der Waals surface area contributed by atoms with Gasteiger partial charge in [-0.3, -0.25) is 9.78 Å². The summed E-state index contributed by atoms with van der Waals surface area (Å²) in [5, 5.41) is 0. The molecule has 2 fully saturated rings. The molecule has 6 aromatic carbocycles. The molecule has 0 N–H and O–H groups in total. The van der Waals surface area contributed by atoms with Gasteiger partial charge < -0.3 is 14.5 Å². The molecule has 7 nitrogen and oxygen atoms in total. The van der Waals surface area contributed by atoms with Gasteiger partial charge in [-0.2, -0.15) is 12.8 Å². The van der Waals surface area contributed by atoms with Crippen molar-refractivity contribution >= 4 is 82.1 Å². The summed E-state index contributed by atoms with van der Waals surface area (Å²) in [6.07, 6.45) is 14.6. The second-order valence-electron chi connectivity index (χ2n) is 19.4. The van der Waals surface area contributed by atoms with Crippen LogP contribution in [0.15, 0.2) is 170 Å². The largest absolute Gasteiger partial charge is 0.265 e. The number of Topliss-reactive ketones (excluding diaryl/α,β-unsaturated/α-hetero) is 2. The summed E-state index contributed by atoms with van der Waals surface area (Å²) in [7, 11) is 23.9. The maximum atomic E-state index is 10.8. The molecular weight excluding hydrogens is 1270 g/mol. The molecule has 10 rings (SSSR count). The molecule has 0 amide bonds. The summed E-state index contributed by atoms with van der Waals surface area (Å²) < 4.78 is 13.6. The fourth-order valence-corrected chi connectivity index (χ4v) is 13.7. The maximum absolute atomic E-state index is 10.8. The molecular formula is C68H75Cl4N3O4Ru2-2. The van der Waals surface area contributed by atoms with Crippen LogP contribution in [0.3, 0.4) is 0 Å². The predicted molar refractivity (Wildman–Crippen MR) is 340 cm³/mol. The van der Waals surface area contributed by atoms with Crippen LogP contribution in [0, 0.1) is 54.6 Å². The molecule has 2 saturated heterocycles. The fourth-order valence-electron chi connectivity index (χ4n) is 9.40. The number of aryl methyl sites for hydroxylation is 6. The van der Waals surface area contributed by atoms with Crippen LogP contribution in [0.25, 0.3) is 11.6 Å². The molecule has 432 valence electrons. The van der Waals surface area contributed by atoms with Crippen molar-refractivity contribution in [3.63, 3.8) is 0 Å². The molecule has 0 spiro atoms. The second kappa shape index (κ2) is 35.6. The Kier molecular flexibility index (Phi) is 29.2. The molecule has 0 radical (unpaired) electrons. The van der Waals surface area contributed by atoms with E-state index in [1.165, 1.54) is 120 Å². The topological polar surface area (TPSA) is 72.0 Å². The van der Waals surface area contributed by atoms with Crippen LogP contribution in [0.4, 0.5) is 11.4 Å². The maximum Gasteiger partial charge on any atom is 0.0267 e. The molecule has 3 aliphatic rings. The molecule has 1 aromatic heterocycles. The first-order valence-corrected chi connectivity index (χ1v) is 37.6.